The van der Waals surface area contributed by atoms with Crippen molar-refractivity contribution in [1.82, 2.24) is 4.98 Å². The molecule has 0 fully saturated rings. The number of nitrogens with zero attached hydrogens (tertiary/aromatic N) is 1. The van der Waals surface area contributed by atoms with Gasteiger partial charge in [0.05, 0.1) is 16.0 Å². The Morgan fingerprint density at radius 2 is 2.09 bits per heavy atom. The van der Waals surface area contributed by atoms with Gasteiger partial charge in [-0.25, -0.2) is 4.98 Å². The second kappa shape index (κ2) is 5.79. The number of pyridine rings is 1. The maximum atomic E-state index is 11.5. The fraction of sp³-hybridized carbons (Fsp3) is 0.143. The molecule has 22 heavy (non-hydrogen) atoms. The van der Waals surface area contributed by atoms with Crippen LogP contribution in [0.25, 0.3) is 19.8 Å². The Balaban J connectivity index is 2.10. The number of primary amides is 1. The van der Waals surface area contributed by atoms with Crippen molar-refractivity contribution in [1.29, 1.82) is 0 Å². The summed E-state index contributed by atoms with van der Waals surface area (Å²) in [5.74, 6) is 0.416. The predicted molar refractivity (Wildman–Crippen MR) is 93.6 cm³/mol. The van der Waals surface area contributed by atoms with Gasteiger partial charge in [0, 0.05) is 43.3 Å². The van der Waals surface area contributed by atoms with E-state index in [0.29, 0.717) is 17.1 Å². The summed E-state index contributed by atoms with van der Waals surface area (Å²) in [6, 6.07) is 5.89. The molecule has 8 heteroatoms. The van der Waals surface area contributed by atoms with E-state index in [4.69, 9.17) is 11.5 Å². The summed E-state index contributed by atoms with van der Waals surface area (Å²) in [7, 11) is -0.865. The Kier molecular flexibility index (Phi) is 3.98. The van der Waals surface area contributed by atoms with Crippen LogP contribution in [0.4, 0.5) is 5.82 Å². The number of hydrogen-bond donors (Lipinski definition) is 2. The zero-order valence-electron chi connectivity index (χ0n) is 11.7. The highest BCUT2D eigenvalue weighted by atomic mass is 32.2. The van der Waals surface area contributed by atoms with Crippen LogP contribution >= 0.6 is 22.7 Å². The van der Waals surface area contributed by atoms with Crippen LogP contribution in [0, 0.1) is 0 Å². The van der Waals surface area contributed by atoms with Crippen molar-refractivity contribution < 1.29 is 9.00 Å². The van der Waals surface area contributed by atoms with Gasteiger partial charge in [-0.3, -0.25) is 9.00 Å². The smallest absolute Gasteiger partial charge is 0.251 e. The van der Waals surface area contributed by atoms with Crippen molar-refractivity contribution in [2.75, 3.05) is 12.0 Å². The van der Waals surface area contributed by atoms with E-state index >= 15 is 0 Å². The maximum Gasteiger partial charge on any atom is 0.251 e. The van der Waals surface area contributed by atoms with E-state index in [1.54, 1.807) is 17.6 Å². The van der Waals surface area contributed by atoms with Gasteiger partial charge in [-0.05, 0) is 18.2 Å². The molecule has 3 heterocycles. The van der Waals surface area contributed by atoms with E-state index < -0.39 is 16.7 Å². The summed E-state index contributed by atoms with van der Waals surface area (Å²) < 4.78 is 12.1. The Bertz CT molecular complexity index is 898. The second-order valence-corrected chi connectivity index (χ2v) is 8.41. The monoisotopic (exact) mass is 351 g/mol. The van der Waals surface area contributed by atoms with Crippen molar-refractivity contribution in [2.24, 2.45) is 5.73 Å². The van der Waals surface area contributed by atoms with Gasteiger partial charge in [0.15, 0.2) is 0 Å². The lowest BCUT2D eigenvalue weighted by Crippen LogP contribution is -2.11. The number of nitrogens with two attached hydrogens (primary N) is 2. The molecule has 0 saturated heterocycles. The van der Waals surface area contributed by atoms with Gasteiger partial charge in [0.2, 0.25) is 0 Å². The number of fused-ring (bicyclic) bond motifs is 1. The molecule has 4 N–H and O–H groups in total. The van der Waals surface area contributed by atoms with E-state index in [9.17, 15) is 9.00 Å². The largest absolute Gasteiger partial charge is 0.383 e. The molecule has 1 amide bonds. The zero-order valence-corrected chi connectivity index (χ0v) is 14.1. The highest BCUT2D eigenvalue weighted by Gasteiger charge is 2.15. The maximum absolute atomic E-state index is 11.5. The van der Waals surface area contributed by atoms with Gasteiger partial charge in [-0.1, -0.05) is 0 Å². The van der Waals surface area contributed by atoms with Crippen LogP contribution in [0.1, 0.15) is 15.2 Å². The van der Waals surface area contributed by atoms with E-state index in [0.717, 1.165) is 24.7 Å². The molecule has 1 unspecified atom stereocenters. The Morgan fingerprint density at radius 3 is 2.77 bits per heavy atom. The molecule has 0 spiro atoms. The predicted octanol–water partition coefficient (Wildman–Crippen LogP) is 2.58. The normalized spacial score (nSPS) is 12.6. The molecule has 114 valence electrons. The lowest BCUT2D eigenvalue weighted by atomic mass is 10.2. The van der Waals surface area contributed by atoms with Gasteiger partial charge >= 0.3 is 0 Å². The molecule has 1 atom stereocenters. The van der Waals surface area contributed by atoms with Gasteiger partial charge < -0.3 is 11.5 Å². The fourth-order valence-electron chi connectivity index (χ4n) is 2.13. The molecule has 0 aromatic carbocycles. The van der Waals surface area contributed by atoms with Gasteiger partial charge in [-0.2, -0.15) is 0 Å². The summed E-state index contributed by atoms with van der Waals surface area (Å²) in [4.78, 5) is 18.7. The van der Waals surface area contributed by atoms with Crippen LogP contribution < -0.4 is 11.5 Å². The summed E-state index contributed by atoms with van der Waals surface area (Å²) in [6.45, 7) is 0. The van der Waals surface area contributed by atoms with E-state index in [-0.39, 0.29) is 0 Å². The van der Waals surface area contributed by atoms with Crippen molar-refractivity contribution in [2.45, 2.75) is 5.75 Å². The third-order valence-corrected chi connectivity index (χ3v) is 6.45. The number of carbonyl (C=O) groups excluding carboxylic acids is 1. The van der Waals surface area contributed by atoms with Crippen molar-refractivity contribution in [3.8, 4) is 9.75 Å². The van der Waals surface area contributed by atoms with Crippen LogP contribution in [0.5, 0.6) is 0 Å². The summed E-state index contributed by atoms with van der Waals surface area (Å²) in [5.41, 5.74) is 11.7. The first-order chi connectivity index (χ1) is 10.5. The summed E-state index contributed by atoms with van der Waals surface area (Å²) >= 11 is 3.06. The zero-order chi connectivity index (χ0) is 15.9. The van der Waals surface area contributed by atoms with Crippen LogP contribution in [0.2, 0.25) is 0 Å². The number of thiophene rings is 2. The minimum absolute atomic E-state index is 0.381. The highest BCUT2D eigenvalue weighted by molar-refractivity contribution is 7.83. The number of aromatic nitrogens is 1. The van der Waals surface area contributed by atoms with Crippen molar-refractivity contribution >= 4 is 55.3 Å². The number of amides is 1. The SMILES string of the molecule is CS(=O)Cc1ccc(-c2cc3c(N)ncc(C(N)=O)c3s2)s1. The fourth-order valence-corrected chi connectivity index (χ4v) is 5.43. The molecule has 0 saturated carbocycles. The van der Waals surface area contributed by atoms with Gasteiger partial charge in [-0.15, -0.1) is 22.7 Å². The average Bonchev–Trinajstić information content (AvgIpc) is 3.04. The number of carbonyl (C=O) groups is 1. The van der Waals surface area contributed by atoms with Crippen molar-refractivity contribution in [3.05, 3.63) is 34.8 Å². The number of nitrogen functional groups attached to an aromatic ring is 1. The first-order valence-corrected chi connectivity index (χ1v) is 9.68. The molecule has 0 aliphatic rings. The molecule has 0 aliphatic heterocycles. The Morgan fingerprint density at radius 1 is 1.32 bits per heavy atom. The number of anilines is 1. The lowest BCUT2D eigenvalue weighted by Gasteiger charge is -1.99. The summed E-state index contributed by atoms with van der Waals surface area (Å²) in [6.07, 6.45) is 3.10. The topological polar surface area (TPSA) is 99.1 Å². The van der Waals surface area contributed by atoms with Crippen LogP contribution in [0.3, 0.4) is 0 Å². The molecular formula is C14H13N3O2S3. The molecule has 3 rings (SSSR count). The standard InChI is InChI=1S/C14H13N3O2S3/c1-22(19)6-7-2-3-10(20-7)11-4-8-12(21-11)9(14(16)18)5-17-13(8)15/h2-5H,6H2,1H3,(H2,15,17)(H2,16,18). The number of hydrogen-bond acceptors (Lipinski definition) is 6. The molecule has 5 nitrogen and oxygen atoms in total. The second-order valence-electron chi connectivity index (χ2n) is 4.76. The lowest BCUT2D eigenvalue weighted by molar-refractivity contribution is 0.100. The highest BCUT2D eigenvalue weighted by Crippen LogP contribution is 2.40. The Hall–Kier alpha value is -1.77. The first-order valence-electron chi connectivity index (χ1n) is 6.32. The molecular weight excluding hydrogens is 338 g/mol. The van der Waals surface area contributed by atoms with Crippen LogP contribution in [0.15, 0.2) is 24.4 Å². The van der Waals surface area contributed by atoms with Gasteiger partial charge in [0.1, 0.15) is 5.82 Å². The third kappa shape index (κ3) is 2.77. The minimum atomic E-state index is -0.865. The first kappa shape index (κ1) is 15.1. The van der Waals surface area contributed by atoms with Crippen LogP contribution in [-0.2, 0) is 16.6 Å². The van der Waals surface area contributed by atoms with Gasteiger partial charge in [0.25, 0.3) is 5.91 Å². The average molecular weight is 351 g/mol. The minimum Gasteiger partial charge on any atom is -0.383 e. The molecule has 0 bridgehead atoms. The van der Waals surface area contributed by atoms with E-state index in [2.05, 4.69) is 4.98 Å². The van der Waals surface area contributed by atoms with E-state index in [1.165, 1.54) is 17.5 Å². The molecule has 0 aliphatic carbocycles. The Labute approximate surface area is 137 Å². The quantitative estimate of drug-likeness (QED) is 0.754. The molecule has 3 aromatic heterocycles. The number of rotatable bonds is 4. The molecule has 0 radical (unpaired) electrons. The molecule has 3 aromatic rings. The van der Waals surface area contributed by atoms with Crippen LogP contribution in [-0.4, -0.2) is 21.4 Å². The van der Waals surface area contributed by atoms with Crippen molar-refractivity contribution in [3.63, 3.8) is 0 Å². The van der Waals surface area contributed by atoms with E-state index in [1.807, 2.05) is 18.2 Å². The summed E-state index contributed by atoms with van der Waals surface area (Å²) in [5, 5.41) is 0.741. The third-order valence-electron chi connectivity index (χ3n) is 3.10.